The molecule has 0 aliphatic carbocycles. The van der Waals surface area contributed by atoms with Crippen LogP contribution in [-0.2, 0) is 9.31 Å². The van der Waals surface area contributed by atoms with Gasteiger partial charge in [0.25, 0.3) is 5.91 Å². The summed E-state index contributed by atoms with van der Waals surface area (Å²) in [7, 11) is -0.719. The molecule has 1 aliphatic heterocycles. The van der Waals surface area contributed by atoms with Crippen molar-refractivity contribution in [2.45, 2.75) is 45.5 Å². The number of nitrogens with two attached hydrogens (primary N) is 1. The zero-order chi connectivity index (χ0) is 16.7. The number of benzene rings is 1. The van der Waals surface area contributed by atoms with Crippen LogP contribution in [0.1, 0.15) is 38.1 Å². The summed E-state index contributed by atoms with van der Waals surface area (Å²) in [6, 6.07) is 4.11. The molecule has 0 atom stereocenters. The Hall–Kier alpha value is -1.67. The molecule has 0 radical (unpaired) electrons. The molecule has 1 amide bonds. The van der Waals surface area contributed by atoms with Crippen molar-refractivity contribution in [3.8, 4) is 5.75 Å². The molecule has 1 heterocycles. The van der Waals surface area contributed by atoms with Crippen LogP contribution in [0.2, 0.25) is 0 Å². The van der Waals surface area contributed by atoms with E-state index in [4.69, 9.17) is 15.0 Å². The zero-order valence-corrected chi connectivity index (χ0v) is 12.9. The van der Waals surface area contributed by atoms with E-state index >= 15 is 0 Å². The molecule has 1 fully saturated rings. The van der Waals surface area contributed by atoms with E-state index in [1.165, 1.54) is 18.2 Å². The fraction of sp³-hybridized carbons (Fsp3) is 0.500. The first-order valence-corrected chi connectivity index (χ1v) is 6.78. The van der Waals surface area contributed by atoms with Crippen molar-refractivity contribution < 1.29 is 27.6 Å². The van der Waals surface area contributed by atoms with Gasteiger partial charge in [-0.15, -0.1) is 0 Å². The summed E-state index contributed by atoms with van der Waals surface area (Å²) in [5.74, 6) is -1.14. The quantitative estimate of drug-likeness (QED) is 0.859. The third-order valence-electron chi connectivity index (χ3n) is 4.01. The van der Waals surface area contributed by atoms with Gasteiger partial charge in [-0.3, -0.25) is 4.79 Å². The van der Waals surface area contributed by atoms with Crippen LogP contribution in [0.25, 0.3) is 0 Å². The van der Waals surface area contributed by atoms with E-state index in [9.17, 15) is 13.6 Å². The minimum atomic E-state index is -3.04. The number of halogens is 2. The summed E-state index contributed by atoms with van der Waals surface area (Å²) in [5, 5.41) is 0. The number of ether oxygens (including phenoxy) is 1. The first kappa shape index (κ1) is 16.7. The summed E-state index contributed by atoms with van der Waals surface area (Å²) in [6.07, 6.45) is 0. The largest absolute Gasteiger partial charge is 0.494 e. The van der Waals surface area contributed by atoms with Gasteiger partial charge in [0.05, 0.1) is 16.8 Å². The van der Waals surface area contributed by atoms with Crippen LogP contribution in [0.3, 0.4) is 0 Å². The molecule has 0 unspecified atom stereocenters. The molecule has 1 aliphatic rings. The number of alkyl halides is 2. The molecule has 8 heteroatoms. The molecule has 5 nitrogen and oxygen atoms in total. The molecular weight excluding hydrogens is 295 g/mol. The lowest BCUT2D eigenvalue weighted by Gasteiger charge is -2.32. The fourth-order valence-electron chi connectivity index (χ4n) is 2.06. The molecule has 0 aromatic heterocycles. The number of rotatable bonds is 4. The highest BCUT2D eigenvalue weighted by Gasteiger charge is 2.51. The van der Waals surface area contributed by atoms with Gasteiger partial charge in [-0.05, 0) is 45.3 Å². The van der Waals surface area contributed by atoms with Gasteiger partial charge >= 0.3 is 13.7 Å². The summed E-state index contributed by atoms with van der Waals surface area (Å²) in [5.41, 5.74) is 4.48. The van der Waals surface area contributed by atoms with Crippen molar-refractivity contribution in [3.05, 3.63) is 23.8 Å². The second-order valence-corrected chi connectivity index (χ2v) is 6.09. The van der Waals surface area contributed by atoms with Gasteiger partial charge in [0.2, 0.25) is 0 Å². The van der Waals surface area contributed by atoms with E-state index in [0.717, 1.165) is 0 Å². The smallest absolute Gasteiger partial charge is 0.434 e. The molecule has 0 spiro atoms. The van der Waals surface area contributed by atoms with Crippen LogP contribution in [0, 0.1) is 0 Å². The van der Waals surface area contributed by atoms with E-state index in [-0.39, 0.29) is 11.3 Å². The molecule has 1 aromatic rings. The SMILES string of the molecule is CC1(C)OB(c2ccc(OC(F)F)c(C(N)=O)c2)OC1(C)C. The summed E-state index contributed by atoms with van der Waals surface area (Å²) < 4.78 is 40.7. The van der Waals surface area contributed by atoms with Gasteiger partial charge in [-0.25, -0.2) is 0 Å². The number of carbonyl (C=O) groups is 1. The van der Waals surface area contributed by atoms with Gasteiger partial charge in [-0.2, -0.15) is 8.78 Å². The first-order chi connectivity index (χ1) is 10.0. The second kappa shape index (κ2) is 5.51. The molecule has 120 valence electrons. The van der Waals surface area contributed by atoms with Crippen LogP contribution in [-0.4, -0.2) is 30.8 Å². The minimum Gasteiger partial charge on any atom is -0.434 e. The average Bonchev–Trinajstić information content (AvgIpc) is 2.57. The summed E-state index contributed by atoms with van der Waals surface area (Å²) in [6.45, 7) is 4.50. The Morgan fingerprint density at radius 2 is 1.77 bits per heavy atom. The summed E-state index contributed by atoms with van der Waals surface area (Å²) in [4.78, 5) is 11.4. The Morgan fingerprint density at radius 3 is 2.23 bits per heavy atom. The molecule has 0 bridgehead atoms. The van der Waals surface area contributed by atoms with Crippen molar-refractivity contribution >= 4 is 18.5 Å². The lowest BCUT2D eigenvalue weighted by Crippen LogP contribution is -2.41. The lowest BCUT2D eigenvalue weighted by atomic mass is 9.78. The molecule has 2 rings (SSSR count). The Kier molecular flexibility index (Phi) is 4.19. The van der Waals surface area contributed by atoms with E-state index in [1.54, 1.807) is 0 Å². The van der Waals surface area contributed by atoms with Gasteiger partial charge in [0.1, 0.15) is 5.75 Å². The third kappa shape index (κ3) is 3.07. The van der Waals surface area contributed by atoms with Gasteiger partial charge < -0.3 is 19.8 Å². The van der Waals surface area contributed by atoms with Crippen LogP contribution in [0.15, 0.2) is 18.2 Å². The number of hydrogen-bond acceptors (Lipinski definition) is 4. The van der Waals surface area contributed by atoms with Crippen molar-refractivity contribution in [1.29, 1.82) is 0 Å². The molecule has 22 heavy (non-hydrogen) atoms. The predicted molar refractivity (Wildman–Crippen MR) is 77.3 cm³/mol. The van der Waals surface area contributed by atoms with E-state index in [0.29, 0.717) is 5.46 Å². The van der Waals surface area contributed by atoms with Crippen LogP contribution >= 0.6 is 0 Å². The molecule has 1 aromatic carbocycles. The topological polar surface area (TPSA) is 70.8 Å². The van der Waals surface area contributed by atoms with Crippen molar-refractivity contribution in [1.82, 2.24) is 0 Å². The first-order valence-electron chi connectivity index (χ1n) is 6.78. The number of amides is 1. The Morgan fingerprint density at radius 1 is 1.23 bits per heavy atom. The Bertz CT molecular complexity index is 576. The van der Waals surface area contributed by atoms with Gasteiger partial charge in [-0.1, -0.05) is 6.07 Å². The maximum Gasteiger partial charge on any atom is 0.494 e. The monoisotopic (exact) mass is 313 g/mol. The molecule has 2 N–H and O–H groups in total. The molecule has 1 saturated heterocycles. The highest BCUT2D eigenvalue weighted by atomic mass is 19.3. The Balaban J connectivity index is 2.34. The maximum absolute atomic E-state index is 12.3. The molecular formula is C14H18BF2NO4. The van der Waals surface area contributed by atoms with E-state index < -0.39 is 30.8 Å². The van der Waals surface area contributed by atoms with Crippen LogP contribution < -0.4 is 15.9 Å². The predicted octanol–water partition coefficient (Wildman–Crippen LogP) is 1.69. The number of carbonyl (C=O) groups excluding carboxylic acids is 1. The number of primary amides is 1. The van der Waals surface area contributed by atoms with Crippen molar-refractivity contribution in [3.63, 3.8) is 0 Å². The van der Waals surface area contributed by atoms with Gasteiger partial charge in [0, 0.05) is 0 Å². The van der Waals surface area contributed by atoms with Crippen LogP contribution in [0.4, 0.5) is 8.78 Å². The fourth-order valence-corrected chi connectivity index (χ4v) is 2.06. The maximum atomic E-state index is 12.3. The average molecular weight is 313 g/mol. The second-order valence-electron chi connectivity index (χ2n) is 6.09. The van der Waals surface area contributed by atoms with Crippen molar-refractivity contribution in [2.75, 3.05) is 0 Å². The zero-order valence-electron chi connectivity index (χ0n) is 12.9. The standard InChI is InChI=1S/C14H18BF2NO4/c1-13(2)14(3,4)22-15(21-13)8-5-6-10(20-12(16)17)9(7-8)11(18)19/h5-7,12H,1-4H3,(H2,18,19). The van der Waals surface area contributed by atoms with E-state index in [1.807, 2.05) is 27.7 Å². The normalized spacial score (nSPS) is 19.5. The highest BCUT2D eigenvalue weighted by molar-refractivity contribution is 6.62. The van der Waals surface area contributed by atoms with Crippen molar-refractivity contribution in [2.24, 2.45) is 5.73 Å². The minimum absolute atomic E-state index is 0.146. The lowest BCUT2D eigenvalue weighted by molar-refractivity contribution is -0.0501. The summed E-state index contributed by atoms with van der Waals surface area (Å²) >= 11 is 0. The van der Waals surface area contributed by atoms with Gasteiger partial charge in [0.15, 0.2) is 0 Å². The highest BCUT2D eigenvalue weighted by Crippen LogP contribution is 2.36. The molecule has 0 saturated carbocycles. The third-order valence-corrected chi connectivity index (χ3v) is 4.01. The Labute approximate surface area is 127 Å². The number of hydrogen-bond donors (Lipinski definition) is 1. The van der Waals surface area contributed by atoms with E-state index in [2.05, 4.69) is 4.74 Å². The van der Waals surface area contributed by atoms with Crippen LogP contribution in [0.5, 0.6) is 5.75 Å².